The van der Waals surface area contributed by atoms with E-state index in [0.29, 0.717) is 5.92 Å². The average Bonchev–Trinajstić information content (AvgIpc) is 2.57. The van der Waals surface area contributed by atoms with Crippen molar-refractivity contribution in [2.75, 3.05) is 0 Å². The minimum absolute atomic E-state index is 0.260. The van der Waals surface area contributed by atoms with Crippen LogP contribution in [0.3, 0.4) is 0 Å². The number of urea groups is 1. The van der Waals surface area contributed by atoms with Gasteiger partial charge in [-0.15, -0.1) is 0 Å². The number of nitrogens with zero attached hydrogens (tertiary/aromatic N) is 1. The van der Waals surface area contributed by atoms with Crippen molar-refractivity contribution in [3.8, 4) is 0 Å². The van der Waals surface area contributed by atoms with Gasteiger partial charge in [0.15, 0.2) is 0 Å². The zero-order valence-corrected chi connectivity index (χ0v) is 11.0. The Morgan fingerprint density at radius 3 is 2.59 bits per heavy atom. The van der Waals surface area contributed by atoms with E-state index in [0.717, 1.165) is 5.71 Å². The lowest BCUT2D eigenvalue weighted by molar-refractivity contribution is 0.181. The van der Waals surface area contributed by atoms with Crippen molar-refractivity contribution in [3.63, 3.8) is 0 Å². The highest BCUT2D eigenvalue weighted by Crippen LogP contribution is 2.64. The van der Waals surface area contributed by atoms with Crippen molar-refractivity contribution in [1.82, 2.24) is 5.43 Å². The van der Waals surface area contributed by atoms with Gasteiger partial charge < -0.3 is 5.73 Å². The molecule has 0 aliphatic heterocycles. The van der Waals surface area contributed by atoms with Crippen LogP contribution in [0.15, 0.2) is 16.8 Å². The zero-order valence-electron chi connectivity index (χ0n) is 11.0. The molecule has 0 unspecified atom stereocenters. The van der Waals surface area contributed by atoms with Crippen LogP contribution >= 0.6 is 0 Å². The first kappa shape index (κ1) is 12.1. The van der Waals surface area contributed by atoms with Gasteiger partial charge in [0.25, 0.3) is 0 Å². The Labute approximate surface area is 102 Å². The Balaban J connectivity index is 2.26. The normalized spacial score (nSPS) is 34.7. The summed E-state index contributed by atoms with van der Waals surface area (Å²) in [6.07, 6.45) is 4.78. The summed E-state index contributed by atoms with van der Waals surface area (Å²) in [5, 5.41) is 4.04. The quantitative estimate of drug-likeness (QED) is 0.560. The molecule has 2 rings (SSSR count). The second-order valence-electron chi connectivity index (χ2n) is 6.00. The SMILES string of the molecule is C/C(=N\NC(N)=O)C1=C[C@@]2(C)CC[C@@H]1C2(C)C. The molecule has 2 amide bonds. The van der Waals surface area contributed by atoms with Gasteiger partial charge in [0.2, 0.25) is 0 Å². The van der Waals surface area contributed by atoms with Crippen LogP contribution in [0.5, 0.6) is 0 Å². The first-order valence-electron chi connectivity index (χ1n) is 6.11. The highest BCUT2D eigenvalue weighted by molar-refractivity contribution is 6.00. The third-order valence-corrected chi connectivity index (χ3v) is 4.90. The van der Waals surface area contributed by atoms with Crippen LogP contribution < -0.4 is 11.2 Å². The summed E-state index contributed by atoms with van der Waals surface area (Å²) in [5.41, 5.74) is 10.0. The number of hydrogen-bond acceptors (Lipinski definition) is 2. The minimum atomic E-state index is -0.612. The van der Waals surface area contributed by atoms with Crippen LogP contribution in [0.25, 0.3) is 0 Å². The molecular formula is C13H21N3O. The second kappa shape index (κ2) is 3.59. The van der Waals surface area contributed by atoms with Gasteiger partial charge in [-0.2, -0.15) is 5.10 Å². The molecule has 0 heterocycles. The lowest BCUT2D eigenvalue weighted by Crippen LogP contribution is -2.28. The number of nitrogens with one attached hydrogen (secondary N) is 1. The zero-order chi connectivity index (χ0) is 12.8. The van der Waals surface area contributed by atoms with Crippen LogP contribution in [0, 0.1) is 16.7 Å². The number of carbonyl (C=O) groups is 1. The van der Waals surface area contributed by atoms with Crippen LogP contribution in [-0.4, -0.2) is 11.7 Å². The van der Waals surface area contributed by atoms with Crippen LogP contribution in [0.4, 0.5) is 4.79 Å². The van der Waals surface area contributed by atoms with E-state index in [1.807, 2.05) is 6.92 Å². The summed E-state index contributed by atoms with van der Waals surface area (Å²) in [4.78, 5) is 10.7. The standard InChI is InChI=1S/C13H21N3O/c1-8(15-16-11(14)17)9-7-13(4)6-5-10(9)12(13,2)3/h7,10H,5-6H2,1-4H3,(H3,14,16,17)/b15-8+/t10-,13+/m0/s1. The molecule has 4 heteroatoms. The summed E-state index contributed by atoms with van der Waals surface area (Å²) in [5.74, 6) is 0.547. The summed E-state index contributed by atoms with van der Waals surface area (Å²) >= 11 is 0. The van der Waals surface area contributed by atoms with Crippen LogP contribution in [0.2, 0.25) is 0 Å². The molecule has 0 aromatic heterocycles. The highest BCUT2D eigenvalue weighted by Gasteiger charge is 2.56. The maximum absolute atomic E-state index is 10.7. The fraction of sp³-hybridized carbons (Fsp3) is 0.692. The Morgan fingerprint density at radius 2 is 2.18 bits per heavy atom. The summed E-state index contributed by atoms with van der Waals surface area (Å²) < 4.78 is 0. The van der Waals surface area contributed by atoms with Gasteiger partial charge in [0.1, 0.15) is 0 Å². The number of allylic oxidation sites excluding steroid dienone is 2. The van der Waals surface area contributed by atoms with E-state index in [9.17, 15) is 4.79 Å². The number of amides is 2. The summed E-state index contributed by atoms with van der Waals surface area (Å²) in [6, 6.07) is -0.612. The van der Waals surface area contributed by atoms with E-state index in [4.69, 9.17) is 5.73 Å². The monoisotopic (exact) mass is 235 g/mol. The molecule has 1 fully saturated rings. The fourth-order valence-corrected chi connectivity index (χ4v) is 3.33. The molecule has 2 bridgehead atoms. The third-order valence-electron chi connectivity index (χ3n) is 4.90. The van der Waals surface area contributed by atoms with Gasteiger partial charge in [0, 0.05) is 0 Å². The number of nitrogens with two attached hydrogens (primary N) is 1. The van der Waals surface area contributed by atoms with Gasteiger partial charge in [-0.05, 0) is 42.1 Å². The molecule has 0 radical (unpaired) electrons. The second-order valence-corrected chi connectivity index (χ2v) is 6.00. The maximum Gasteiger partial charge on any atom is 0.332 e. The molecule has 0 spiro atoms. The molecule has 0 aromatic carbocycles. The topological polar surface area (TPSA) is 67.5 Å². The maximum atomic E-state index is 10.7. The Kier molecular flexibility index (Phi) is 2.56. The molecule has 2 atom stereocenters. The van der Waals surface area contributed by atoms with Gasteiger partial charge in [0.05, 0.1) is 5.71 Å². The lowest BCUT2D eigenvalue weighted by Gasteiger charge is -2.34. The number of hydrogen-bond donors (Lipinski definition) is 2. The van der Waals surface area contributed by atoms with Crippen LogP contribution in [0.1, 0.15) is 40.5 Å². The van der Waals surface area contributed by atoms with Gasteiger partial charge in [-0.3, -0.25) is 0 Å². The van der Waals surface area contributed by atoms with Gasteiger partial charge in [-0.1, -0.05) is 26.8 Å². The van der Waals surface area contributed by atoms with Gasteiger partial charge >= 0.3 is 6.03 Å². The fourth-order valence-electron chi connectivity index (χ4n) is 3.33. The molecule has 2 aliphatic rings. The summed E-state index contributed by atoms with van der Waals surface area (Å²) in [7, 11) is 0. The van der Waals surface area contributed by atoms with Crippen molar-refractivity contribution in [1.29, 1.82) is 0 Å². The van der Waals surface area contributed by atoms with Crippen molar-refractivity contribution in [3.05, 3.63) is 11.6 Å². The molecule has 17 heavy (non-hydrogen) atoms. The van der Waals surface area contributed by atoms with E-state index < -0.39 is 6.03 Å². The van der Waals surface area contributed by atoms with Crippen molar-refractivity contribution in [2.45, 2.75) is 40.5 Å². The van der Waals surface area contributed by atoms with Crippen LogP contribution in [-0.2, 0) is 0 Å². The number of primary amides is 1. The Bertz CT molecular complexity index is 422. The first-order valence-corrected chi connectivity index (χ1v) is 6.11. The van der Waals surface area contributed by atoms with Crippen molar-refractivity contribution in [2.24, 2.45) is 27.6 Å². The predicted octanol–water partition coefficient (Wildman–Crippen LogP) is 2.41. The Hall–Kier alpha value is -1.32. The van der Waals surface area contributed by atoms with E-state index in [1.54, 1.807) is 0 Å². The molecule has 0 aromatic rings. The Morgan fingerprint density at radius 1 is 1.53 bits per heavy atom. The number of hydrazone groups is 1. The molecular weight excluding hydrogens is 214 g/mol. The van der Waals surface area contributed by atoms with E-state index in [-0.39, 0.29) is 10.8 Å². The first-order chi connectivity index (χ1) is 7.78. The summed E-state index contributed by atoms with van der Waals surface area (Å²) in [6.45, 7) is 8.89. The third kappa shape index (κ3) is 1.66. The van der Waals surface area contributed by atoms with Gasteiger partial charge in [-0.25, -0.2) is 10.2 Å². The van der Waals surface area contributed by atoms with E-state index in [2.05, 4.69) is 37.4 Å². The number of carbonyl (C=O) groups excluding carboxylic acids is 1. The molecule has 2 aliphatic carbocycles. The van der Waals surface area contributed by atoms with Crippen molar-refractivity contribution >= 4 is 11.7 Å². The largest absolute Gasteiger partial charge is 0.350 e. The number of fused-ring (bicyclic) bond motifs is 2. The number of rotatable bonds is 2. The lowest BCUT2D eigenvalue weighted by atomic mass is 9.70. The molecule has 1 saturated carbocycles. The van der Waals surface area contributed by atoms with E-state index >= 15 is 0 Å². The highest BCUT2D eigenvalue weighted by atomic mass is 16.2. The molecule has 4 nitrogen and oxygen atoms in total. The molecule has 3 N–H and O–H groups in total. The smallest absolute Gasteiger partial charge is 0.332 e. The minimum Gasteiger partial charge on any atom is -0.350 e. The average molecular weight is 235 g/mol. The van der Waals surface area contributed by atoms with E-state index in [1.165, 1.54) is 18.4 Å². The predicted molar refractivity (Wildman–Crippen MR) is 68.5 cm³/mol. The van der Waals surface area contributed by atoms with Crippen molar-refractivity contribution < 1.29 is 4.79 Å². The molecule has 94 valence electrons. The molecule has 0 saturated heterocycles.